The Hall–Kier alpha value is -3.68. The van der Waals surface area contributed by atoms with Gasteiger partial charge in [-0.3, -0.25) is 9.59 Å². The van der Waals surface area contributed by atoms with E-state index >= 15 is 0 Å². The van der Waals surface area contributed by atoms with Crippen molar-refractivity contribution in [3.8, 4) is 5.75 Å². The summed E-state index contributed by atoms with van der Waals surface area (Å²) >= 11 is 0. The first-order valence-electron chi connectivity index (χ1n) is 9.45. The minimum absolute atomic E-state index is 0.0812. The van der Waals surface area contributed by atoms with Crippen LogP contribution < -0.4 is 9.64 Å². The Labute approximate surface area is 174 Å². The highest BCUT2D eigenvalue weighted by molar-refractivity contribution is 5.99. The highest BCUT2D eigenvalue weighted by atomic mass is 16.7. The van der Waals surface area contributed by atoms with Crippen molar-refractivity contribution in [3.63, 3.8) is 0 Å². The van der Waals surface area contributed by atoms with Crippen LogP contribution in [-0.4, -0.2) is 50.7 Å². The van der Waals surface area contributed by atoms with Crippen molar-refractivity contribution in [1.82, 2.24) is 0 Å². The molecule has 0 aromatic heterocycles. The van der Waals surface area contributed by atoms with E-state index in [1.54, 1.807) is 60.5 Å². The molecule has 0 radical (unpaired) electrons. The van der Waals surface area contributed by atoms with Crippen LogP contribution in [-0.2, 0) is 19.2 Å². The SMILES string of the molecule is COc1ccc(/C=N\OCC(=O)OCC(=O)c2ccc(N3CCCC3=O)cc2)cc1. The number of carbonyl (C=O) groups is 3. The van der Waals surface area contributed by atoms with E-state index in [1.165, 1.54) is 6.21 Å². The maximum Gasteiger partial charge on any atom is 0.347 e. The van der Waals surface area contributed by atoms with E-state index in [-0.39, 0.29) is 11.7 Å². The average Bonchev–Trinajstić information content (AvgIpc) is 3.21. The Balaban J connectivity index is 1.40. The van der Waals surface area contributed by atoms with Gasteiger partial charge in [0.15, 0.2) is 12.4 Å². The van der Waals surface area contributed by atoms with Gasteiger partial charge in [-0.1, -0.05) is 5.16 Å². The van der Waals surface area contributed by atoms with E-state index in [1.807, 2.05) is 0 Å². The van der Waals surface area contributed by atoms with Gasteiger partial charge in [0.05, 0.1) is 13.3 Å². The van der Waals surface area contributed by atoms with Crippen molar-refractivity contribution in [2.24, 2.45) is 5.16 Å². The first-order chi connectivity index (χ1) is 14.6. The number of benzene rings is 2. The summed E-state index contributed by atoms with van der Waals surface area (Å²) in [6.07, 6.45) is 2.83. The molecule has 8 heteroatoms. The van der Waals surface area contributed by atoms with Gasteiger partial charge in [-0.2, -0.15) is 0 Å². The van der Waals surface area contributed by atoms with Crippen molar-refractivity contribution in [2.45, 2.75) is 12.8 Å². The lowest BCUT2D eigenvalue weighted by molar-refractivity contribution is -0.147. The Morgan fingerprint density at radius 3 is 2.43 bits per heavy atom. The molecule has 0 atom stereocenters. The monoisotopic (exact) mass is 410 g/mol. The van der Waals surface area contributed by atoms with E-state index in [0.29, 0.717) is 18.5 Å². The molecule has 156 valence electrons. The highest BCUT2D eigenvalue weighted by Gasteiger charge is 2.21. The quantitative estimate of drug-likeness (QED) is 0.273. The van der Waals surface area contributed by atoms with Crippen LogP contribution in [0.2, 0.25) is 0 Å². The number of amides is 1. The van der Waals surface area contributed by atoms with E-state index in [0.717, 1.165) is 23.4 Å². The zero-order chi connectivity index (χ0) is 21.3. The van der Waals surface area contributed by atoms with E-state index in [2.05, 4.69) is 5.16 Å². The normalized spacial score (nSPS) is 13.5. The molecule has 0 aliphatic carbocycles. The lowest BCUT2D eigenvalue weighted by Gasteiger charge is -2.15. The number of methoxy groups -OCH3 is 1. The zero-order valence-corrected chi connectivity index (χ0v) is 16.6. The maximum atomic E-state index is 12.2. The predicted molar refractivity (Wildman–Crippen MR) is 110 cm³/mol. The van der Waals surface area contributed by atoms with Crippen LogP contribution in [0, 0.1) is 0 Å². The van der Waals surface area contributed by atoms with Crippen LogP contribution in [0.4, 0.5) is 5.69 Å². The zero-order valence-electron chi connectivity index (χ0n) is 16.6. The third-order valence-electron chi connectivity index (χ3n) is 4.51. The molecule has 8 nitrogen and oxygen atoms in total. The Morgan fingerprint density at radius 1 is 1.07 bits per heavy atom. The Bertz CT molecular complexity index is 922. The molecule has 0 spiro atoms. The molecule has 30 heavy (non-hydrogen) atoms. The van der Waals surface area contributed by atoms with Gasteiger partial charge < -0.3 is 19.2 Å². The molecule has 1 aliphatic heterocycles. The van der Waals surface area contributed by atoms with Gasteiger partial charge >= 0.3 is 5.97 Å². The van der Waals surface area contributed by atoms with E-state index in [9.17, 15) is 14.4 Å². The number of hydrogen-bond donors (Lipinski definition) is 0. The molecule has 2 aromatic rings. The molecule has 0 saturated carbocycles. The molecule has 1 aliphatic rings. The average molecular weight is 410 g/mol. The largest absolute Gasteiger partial charge is 0.497 e. The molecule has 1 amide bonds. The molecular weight excluding hydrogens is 388 g/mol. The number of ketones is 1. The first kappa shape index (κ1) is 21.0. The third kappa shape index (κ3) is 5.66. The topological polar surface area (TPSA) is 94.5 Å². The smallest absolute Gasteiger partial charge is 0.347 e. The van der Waals surface area contributed by atoms with Gasteiger partial charge in [-0.25, -0.2) is 4.79 Å². The minimum Gasteiger partial charge on any atom is -0.497 e. The molecule has 0 bridgehead atoms. The van der Waals surface area contributed by atoms with Crippen LogP contribution in [0.25, 0.3) is 0 Å². The molecule has 1 fully saturated rings. The first-order valence-corrected chi connectivity index (χ1v) is 9.45. The number of nitrogens with zero attached hydrogens (tertiary/aromatic N) is 2. The Kier molecular flexibility index (Phi) is 7.15. The summed E-state index contributed by atoms with van der Waals surface area (Å²) in [7, 11) is 1.58. The molecule has 0 N–H and O–H groups in total. The van der Waals surface area contributed by atoms with Gasteiger partial charge in [0.2, 0.25) is 12.5 Å². The summed E-state index contributed by atoms with van der Waals surface area (Å²) in [6.45, 7) is -0.118. The number of esters is 1. The molecule has 3 rings (SSSR count). The Morgan fingerprint density at radius 2 is 1.80 bits per heavy atom. The molecule has 1 heterocycles. The summed E-state index contributed by atoms with van der Waals surface area (Å²) in [5, 5.41) is 3.69. The minimum atomic E-state index is -0.700. The van der Waals surface area contributed by atoms with Crippen LogP contribution in [0.1, 0.15) is 28.8 Å². The summed E-state index contributed by atoms with van der Waals surface area (Å²) < 4.78 is 9.98. The van der Waals surface area contributed by atoms with Crippen LogP contribution >= 0.6 is 0 Å². The van der Waals surface area contributed by atoms with Crippen LogP contribution in [0.5, 0.6) is 5.75 Å². The molecular formula is C22H22N2O6. The van der Waals surface area contributed by atoms with Crippen LogP contribution in [0.3, 0.4) is 0 Å². The van der Waals surface area contributed by atoms with Crippen molar-refractivity contribution in [1.29, 1.82) is 0 Å². The lowest BCUT2D eigenvalue weighted by atomic mass is 10.1. The predicted octanol–water partition coefficient (Wildman–Crippen LogP) is 2.60. The van der Waals surface area contributed by atoms with Gasteiger partial charge in [-0.05, 0) is 60.5 Å². The molecule has 0 unspecified atom stereocenters. The number of ether oxygens (including phenoxy) is 2. The maximum absolute atomic E-state index is 12.2. The van der Waals surface area contributed by atoms with E-state index < -0.39 is 19.2 Å². The second kappa shape index (κ2) is 10.2. The second-order valence-electron chi connectivity index (χ2n) is 6.56. The standard InChI is InChI=1S/C22H22N2O6/c1-28-19-10-4-16(5-11-19)13-23-30-15-22(27)29-14-20(25)17-6-8-18(9-7-17)24-12-2-3-21(24)26/h4-11,13H,2-3,12,14-15H2,1H3/b23-13-. The molecule has 1 saturated heterocycles. The molecule has 2 aromatic carbocycles. The number of oxime groups is 1. The summed E-state index contributed by atoms with van der Waals surface area (Å²) in [4.78, 5) is 42.2. The summed E-state index contributed by atoms with van der Waals surface area (Å²) in [6, 6.07) is 13.8. The summed E-state index contributed by atoms with van der Waals surface area (Å²) in [5.41, 5.74) is 1.93. The van der Waals surface area contributed by atoms with Crippen molar-refractivity contribution >= 4 is 29.6 Å². The van der Waals surface area contributed by atoms with Crippen molar-refractivity contribution in [2.75, 3.05) is 31.8 Å². The number of rotatable bonds is 9. The van der Waals surface area contributed by atoms with Crippen LogP contribution in [0.15, 0.2) is 53.7 Å². The second-order valence-corrected chi connectivity index (χ2v) is 6.56. The third-order valence-corrected chi connectivity index (χ3v) is 4.51. The lowest BCUT2D eigenvalue weighted by Crippen LogP contribution is -2.23. The van der Waals surface area contributed by atoms with Crippen molar-refractivity contribution in [3.05, 3.63) is 59.7 Å². The van der Waals surface area contributed by atoms with Gasteiger partial charge in [-0.15, -0.1) is 0 Å². The van der Waals surface area contributed by atoms with Gasteiger partial charge in [0.1, 0.15) is 5.75 Å². The fraction of sp³-hybridized carbons (Fsp3) is 0.273. The van der Waals surface area contributed by atoms with Gasteiger partial charge in [0, 0.05) is 24.2 Å². The van der Waals surface area contributed by atoms with Crippen molar-refractivity contribution < 1.29 is 28.7 Å². The fourth-order valence-corrected chi connectivity index (χ4v) is 2.90. The van der Waals surface area contributed by atoms with E-state index in [4.69, 9.17) is 14.3 Å². The number of hydrogen-bond acceptors (Lipinski definition) is 7. The van der Waals surface area contributed by atoms with Gasteiger partial charge in [0.25, 0.3) is 0 Å². The fourth-order valence-electron chi connectivity index (χ4n) is 2.90. The summed E-state index contributed by atoms with van der Waals surface area (Å²) in [5.74, 6) is -0.239. The number of carbonyl (C=O) groups excluding carboxylic acids is 3. The number of Topliss-reactive ketones (excluding diaryl/α,β-unsaturated/α-hetero) is 1. The number of anilines is 1. The highest BCUT2D eigenvalue weighted by Crippen LogP contribution is 2.21.